The highest BCUT2D eigenvalue weighted by molar-refractivity contribution is 5.44. The van der Waals surface area contributed by atoms with E-state index in [9.17, 15) is 5.11 Å². The quantitative estimate of drug-likeness (QED) is 0.866. The molecule has 0 aliphatic carbocycles. The molecule has 1 N–H and O–H groups in total. The van der Waals surface area contributed by atoms with Gasteiger partial charge in [-0.25, -0.2) is 9.97 Å². The summed E-state index contributed by atoms with van der Waals surface area (Å²) in [6.07, 6.45) is 0.322. The van der Waals surface area contributed by atoms with Gasteiger partial charge in [0, 0.05) is 50.5 Å². The van der Waals surface area contributed by atoms with Gasteiger partial charge in [0.25, 0.3) is 0 Å². The number of fused-ring (bicyclic) bond motifs is 1. The Morgan fingerprint density at radius 2 is 1.64 bits per heavy atom. The fourth-order valence-corrected chi connectivity index (χ4v) is 3.72. The molecular weight excluding hydrogens is 356 g/mol. The second-order valence-electron chi connectivity index (χ2n) is 7.51. The average Bonchev–Trinajstić information content (AvgIpc) is 2.92. The van der Waals surface area contributed by atoms with Crippen LogP contribution in [0.5, 0.6) is 11.5 Å². The van der Waals surface area contributed by atoms with Crippen LogP contribution in [0.2, 0.25) is 0 Å². The van der Waals surface area contributed by atoms with Crippen LogP contribution >= 0.6 is 0 Å². The van der Waals surface area contributed by atoms with E-state index in [1.54, 1.807) is 0 Å². The first-order valence-corrected chi connectivity index (χ1v) is 9.96. The normalized spacial score (nSPS) is 18.6. The summed E-state index contributed by atoms with van der Waals surface area (Å²) in [5, 5.41) is 10.7. The summed E-state index contributed by atoms with van der Waals surface area (Å²) >= 11 is 0. The number of aromatic nitrogens is 2. The van der Waals surface area contributed by atoms with Crippen molar-refractivity contribution in [1.29, 1.82) is 0 Å². The van der Waals surface area contributed by atoms with E-state index >= 15 is 0 Å². The molecule has 0 spiro atoms. The minimum Gasteiger partial charge on any atom is -0.490 e. The summed E-state index contributed by atoms with van der Waals surface area (Å²) < 4.78 is 11.4. The fourth-order valence-electron chi connectivity index (χ4n) is 3.72. The molecule has 0 radical (unpaired) electrons. The number of anilines is 1. The smallest absolute Gasteiger partial charge is 0.225 e. The first-order chi connectivity index (χ1) is 13.6. The van der Waals surface area contributed by atoms with Gasteiger partial charge in [0.15, 0.2) is 11.5 Å². The lowest BCUT2D eigenvalue weighted by Crippen LogP contribution is -2.48. The Morgan fingerprint density at radius 3 is 2.36 bits per heavy atom. The predicted octanol–water partition coefficient (Wildman–Crippen LogP) is 2.11. The Hall–Kier alpha value is -2.38. The van der Waals surface area contributed by atoms with Crippen LogP contribution in [0.15, 0.2) is 24.3 Å². The van der Waals surface area contributed by atoms with E-state index in [1.165, 1.54) is 0 Å². The number of piperazine rings is 1. The lowest BCUT2D eigenvalue weighted by atomic mass is 10.1. The maximum Gasteiger partial charge on any atom is 0.225 e. The van der Waals surface area contributed by atoms with Gasteiger partial charge >= 0.3 is 0 Å². The third-order valence-corrected chi connectivity index (χ3v) is 5.21. The van der Waals surface area contributed by atoms with E-state index in [-0.39, 0.29) is 0 Å². The van der Waals surface area contributed by atoms with Crippen LogP contribution in [0.3, 0.4) is 0 Å². The molecule has 7 heteroatoms. The summed E-state index contributed by atoms with van der Waals surface area (Å²) in [7, 11) is 0. The van der Waals surface area contributed by atoms with Gasteiger partial charge < -0.3 is 19.5 Å². The molecule has 0 amide bonds. The van der Waals surface area contributed by atoms with Crippen molar-refractivity contribution in [3.8, 4) is 11.5 Å². The van der Waals surface area contributed by atoms with Gasteiger partial charge in [0.1, 0.15) is 0 Å². The highest BCUT2D eigenvalue weighted by Gasteiger charge is 2.22. The molecule has 1 atom stereocenters. The molecule has 28 heavy (non-hydrogen) atoms. The van der Waals surface area contributed by atoms with Crippen LogP contribution in [0.4, 0.5) is 5.95 Å². The molecule has 3 heterocycles. The third-order valence-electron chi connectivity index (χ3n) is 5.21. The predicted molar refractivity (Wildman–Crippen MR) is 107 cm³/mol. The van der Waals surface area contributed by atoms with Crippen molar-refractivity contribution in [3.63, 3.8) is 0 Å². The number of aryl methyl sites for hydroxylation is 2. The second-order valence-corrected chi connectivity index (χ2v) is 7.51. The Kier molecular flexibility index (Phi) is 5.64. The van der Waals surface area contributed by atoms with Crippen molar-refractivity contribution >= 4 is 5.95 Å². The summed E-state index contributed by atoms with van der Waals surface area (Å²) in [4.78, 5) is 13.6. The Balaban J connectivity index is 1.35. The standard InChI is InChI=1S/C21H28N4O3/c1-15-12-16(2)23-21(22-15)25-8-6-24(7-9-25)14-18(26)17-4-5-19-20(13-17)28-11-3-10-27-19/h4-5,12-13,18,26H,3,6-11,14H2,1-2H3/t18-/m0/s1. The number of hydrogen-bond acceptors (Lipinski definition) is 7. The highest BCUT2D eigenvalue weighted by atomic mass is 16.5. The topological polar surface area (TPSA) is 71.0 Å². The van der Waals surface area contributed by atoms with Crippen LogP contribution < -0.4 is 14.4 Å². The first kappa shape index (κ1) is 19.0. The summed E-state index contributed by atoms with van der Waals surface area (Å²) in [5.74, 6) is 2.29. The summed E-state index contributed by atoms with van der Waals surface area (Å²) in [6.45, 7) is 9.38. The number of rotatable bonds is 4. The number of hydrogen-bond donors (Lipinski definition) is 1. The molecule has 7 nitrogen and oxygen atoms in total. The molecule has 2 aliphatic heterocycles. The van der Waals surface area contributed by atoms with E-state index in [0.29, 0.717) is 19.8 Å². The molecule has 0 saturated carbocycles. The fraction of sp³-hybridized carbons (Fsp3) is 0.524. The second kappa shape index (κ2) is 8.32. The Morgan fingerprint density at radius 1 is 0.964 bits per heavy atom. The Labute approximate surface area is 165 Å². The zero-order valence-corrected chi connectivity index (χ0v) is 16.6. The van der Waals surface area contributed by atoms with Gasteiger partial charge in [-0.3, -0.25) is 4.90 Å². The van der Waals surface area contributed by atoms with E-state index in [0.717, 1.165) is 67.0 Å². The van der Waals surface area contributed by atoms with Crippen molar-refractivity contribution in [1.82, 2.24) is 14.9 Å². The van der Waals surface area contributed by atoms with Crippen LogP contribution in [0.25, 0.3) is 0 Å². The average molecular weight is 384 g/mol. The van der Waals surface area contributed by atoms with Crippen LogP contribution in [-0.4, -0.2) is 65.9 Å². The molecule has 2 aromatic rings. The van der Waals surface area contributed by atoms with E-state index in [2.05, 4.69) is 19.8 Å². The first-order valence-electron chi connectivity index (χ1n) is 9.96. The summed E-state index contributed by atoms with van der Waals surface area (Å²) in [6, 6.07) is 7.72. The molecule has 0 unspecified atom stereocenters. The number of β-amino-alcohol motifs (C(OH)–C–C–N with tert-alkyl or cyclic N) is 1. The molecule has 1 saturated heterocycles. The van der Waals surface area contributed by atoms with Crippen molar-refractivity contribution in [2.75, 3.05) is 50.8 Å². The molecule has 2 aliphatic rings. The van der Waals surface area contributed by atoms with Gasteiger partial charge in [-0.15, -0.1) is 0 Å². The van der Waals surface area contributed by atoms with Crippen molar-refractivity contribution in [2.24, 2.45) is 0 Å². The molecule has 1 aromatic heterocycles. The van der Waals surface area contributed by atoms with Crippen molar-refractivity contribution < 1.29 is 14.6 Å². The van der Waals surface area contributed by atoms with Gasteiger partial charge in [-0.2, -0.15) is 0 Å². The van der Waals surface area contributed by atoms with E-state index in [1.807, 2.05) is 38.1 Å². The minimum atomic E-state index is -0.554. The van der Waals surface area contributed by atoms with Gasteiger partial charge in [0.2, 0.25) is 5.95 Å². The maximum absolute atomic E-state index is 10.7. The minimum absolute atomic E-state index is 0.554. The number of ether oxygens (including phenoxy) is 2. The maximum atomic E-state index is 10.7. The van der Waals surface area contributed by atoms with Gasteiger partial charge in [0.05, 0.1) is 19.3 Å². The molecular formula is C21H28N4O3. The van der Waals surface area contributed by atoms with E-state index in [4.69, 9.17) is 9.47 Å². The van der Waals surface area contributed by atoms with Crippen LogP contribution in [0, 0.1) is 13.8 Å². The van der Waals surface area contributed by atoms with Gasteiger partial charge in [-0.05, 0) is 37.6 Å². The van der Waals surface area contributed by atoms with Crippen molar-refractivity contribution in [2.45, 2.75) is 26.4 Å². The molecule has 150 valence electrons. The van der Waals surface area contributed by atoms with Crippen LogP contribution in [0.1, 0.15) is 29.5 Å². The van der Waals surface area contributed by atoms with Crippen LogP contribution in [-0.2, 0) is 0 Å². The number of benzene rings is 1. The lowest BCUT2D eigenvalue weighted by Gasteiger charge is -2.35. The zero-order valence-electron chi connectivity index (χ0n) is 16.6. The lowest BCUT2D eigenvalue weighted by molar-refractivity contribution is 0.109. The molecule has 1 fully saturated rings. The highest BCUT2D eigenvalue weighted by Crippen LogP contribution is 2.32. The number of aliphatic hydroxyl groups is 1. The summed E-state index contributed by atoms with van der Waals surface area (Å²) in [5.41, 5.74) is 2.86. The molecule has 0 bridgehead atoms. The van der Waals surface area contributed by atoms with Crippen molar-refractivity contribution in [3.05, 3.63) is 41.2 Å². The van der Waals surface area contributed by atoms with Gasteiger partial charge in [-0.1, -0.05) is 6.07 Å². The molecule has 4 rings (SSSR count). The third kappa shape index (κ3) is 4.36. The number of nitrogens with zero attached hydrogens (tertiary/aromatic N) is 4. The Bertz CT molecular complexity index is 801. The monoisotopic (exact) mass is 384 g/mol. The molecule has 1 aromatic carbocycles. The largest absolute Gasteiger partial charge is 0.490 e. The SMILES string of the molecule is Cc1cc(C)nc(N2CCN(C[C@H](O)c3ccc4c(c3)OCCCO4)CC2)n1. The number of aliphatic hydroxyl groups excluding tert-OH is 1. The van der Waals surface area contributed by atoms with E-state index < -0.39 is 6.10 Å². The zero-order chi connectivity index (χ0) is 19.5.